The van der Waals surface area contributed by atoms with Crippen molar-refractivity contribution in [1.29, 1.82) is 0 Å². The molecular formula is C8H14N4O3S2. The lowest BCUT2D eigenvalue weighted by atomic mass is 10.4. The fraction of sp³-hybridized carbons (Fsp3) is 0.500. The average Bonchev–Trinajstić information content (AvgIpc) is 2.77. The van der Waals surface area contributed by atoms with Crippen molar-refractivity contribution < 1.29 is 13.2 Å². The summed E-state index contributed by atoms with van der Waals surface area (Å²) in [6.07, 6.45) is 0. The molecule has 0 unspecified atom stereocenters. The Balaban J connectivity index is 2.45. The average molecular weight is 278 g/mol. The third-order valence-electron chi connectivity index (χ3n) is 1.93. The van der Waals surface area contributed by atoms with E-state index in [0.29, 0.717) is 5.01 Å². The number of rotatable bonds is 6. The van der Waals surface area contributed by atoms with Crippen molar-refractivity contribution >= 4 is 27.3 Å². The largest absolute Gasteiger partial charge is 0.350 e. The molecule has 1 amide bonds. The maximum atomic E-state index is 11.5. The lowest BCUT2D eigenvalue weighted by molar-refractivity contribution is 0.0951. The van der Waals surface area contributed by atoms with E-state index in [1.807, 2.05) is 0 Å². The number of amides is 1. The van der Waals surface area contributed by atoms with Crippen LogP contribution in [-0.2, 0) is 16.6 Å². The number of hydrogen-bond donors (Lipinski definition) is 3. The van der Waals surface area contributed by atoms with Crippen LogP contribution in [0.25, 0.3) is 0 Å². The first-order valence-corrected chi connectivity index (χ1v) is 7.35. The van der Waals surface area contributed by atoms with Gasteiger partial charge in [0.2, 0.25) is 10.0 Å². The lowest BCUT2D eigenvalue weighted by Gasteiger charge is -2.03. The highest BCUT2D eigenvalue weighted by molar-refractivity contribution is 7.89. The Bertz CT molecular complexity index is 483. The Kier molecular flexibility index (Phi) is 5.00. The van der Waals surface area contributed by atoms with E-state index in [-0.39, 0.29) is 24.5 Å². The number of nitrogens with two attached hydrogens (primary N) is 1. The Morgan fingerprint density at radius 3 is 2.82 bits per heavy atom. The fourth-order valence-corrected chi connectivity index (χ4v) is 2.23. The van der Waals surface area contributed by atoms with E-state index in [4.69, 9.17) is 5.73 Å². The summed E-state index contributed by atoms with van der Waals surface area (Å²) in [5.41, 5.74) is 5.63. The summed E-state index contributed by atoms with van der Waals surface area (Å²) in [6, 6.07) is 0. The Hall–Kier alpha value is -1.03. The number of carbonyl (C=O) groups is 1. The van der Waals surface area contributed by atoms with Gasteiger partial charge in [0.15, 0.2) is 0 Å². The molecule has 1 aromatic rings. The maximum absolute atomic E-state index is 11.5. The molecule has 0 radical (unpaired) electrons. The minimum Gasteiger partial charge on any atom is -0.350 e. The topological polar surface area (TPSA) is 114 Å². The van der Waals surface area contributed by atoms with Crippen molar-refractivity contribution in [2.75, 3.05) is 19.3 Å². The molecule has 7 nitrogen and oxygen atoms in total. The number of sulfonamides is 1. The molecule has 0 spiro atoms. The summed E-state index contributed by atoms with van der Waals surface area (Å²) < 4.78 is 24.3. The second kappa shape index (κ2) is 6.05. The predicted molar refractivity (Wildman–Crippen MR) is 65.2 cm³/mol. The molecule has 4 N–H and O–H groups in total. The van der Waals surface area contributed by atoms with Crippen LogP contribution in [-0.4, -0.2) is 38.7 Å². The van der Waals surface area contributed by atoms with Crippen LogP contribution in [0.2, 0.25) is 0 Å². The maximum Gasteiger partial charge on any atom is 0.270 e. The van der Waals surface area contributed by atoms with E-state index in [1.165, 1.54) is 18.4 Å². The molecule has 0 bridgehead atoms. The molecule has 0 atom stereocenters. The molecule has 1 heterocycles. The summed E-state index contributed by atoms with van der Waals surface area (Å²) in [4.78, 5) is 15.5. The van der Waals surface area contributed by atoms with E-state index in [9.17, 15) is 13.2 Å². The molecule has 0 aliphatic heterocycles. The standard InChI is InChI=1S/C8H14N4O3S2/c1-10-17(14,15)3-2-11-8(13)6-5-16-7(4-9)12-6/h5,10H,2-4,9H2,1H3,(H,11,13). The Morgan fingerprint density at radius 2 is 2.29 bits per heavy atom. The molecule has 9 heteroatoms. The van der Waals surface area contributed by atoms with Gasteiger partial charge in [-0.3, -0.25) is 4.79 Å². The molecule has 17 heavy (non-hydrogen) atoms. The third-order valence-corrected chi connectivity index (χ3v) is 4.16. The van der Waals surface area contributed by atoms with E-state index in [0.717, 1.165) is 0 Å². The van der Waals surface area contributed by atoms with Crippen molar-refractivity contribution in [3.8, 4) is 0 Å². The van der Waals surface area contributed by atoms with Gasteiger partial charge in [-0.15, -0.1) is 11.3 Å². The third kappa shape index (κ3) is 4.38. The zero-order valence-corrected chi connectivity index (χ0v) is 10.9. The first-order chi connectivity index (χ1) is 7.98. The van der Waals surface area contributed by atoms with Gasteiger partial charge in [0.05, 0.1) is 5.75 Å². The van der Waals surface area contributed by atoms with Gasteiger partial charge in [-0.05, 0) is 7.05 Å². The van der Waals surface area contributed by atoms with Crippen molar-refractivity contribution in [2.24, 2.45) is 5.73 Å². The molecule has 0 saturated heterocycles. The zero-order chi connectivity index (χ0) is 12.9. The van der Waals surface area contributed by atoms with Gasteiger partial charge in [0.25, 0.3) is 5.91 Å². The number of thiazole rings is 1. The first kappa shape index (κ1) is 14.0. The number of hydrogen-bond acceptors (Lipinski definition) is 6. The van der Waals surface area contributed by atoms with Gasteiger partial charge in [0.1, 0.15) is 10.7 Å². The predicted octanol–water partition coefficient (Wildman–Crippen LogP) is -1.12. The SMILES string of the molecule is CNS(=O)(=O)CCNC(=O)c1csc(CN)n1. The van der Waals surface area contributed by atoms with Crippen LogP contribution in [0, 0.1) is 0 Å². The van der Waals surface area contributed by atoms with Crippen LogP contribution in [0.5, 0.6) is 0 Å². The van der Waals surface area contributed by atoms with Gasteiger partial charge in [-0.1, -0.05) is 0 Å². The number of carbonyl (C=O) groups excluding carboxylic acids is 1. The van der Waals surface area contributed by atoms with Crippen LogP contribution >= 0.6 is 11.3 Å². The van der Waals surface area contributed by atoms with E-state index >= 15 is 0 Å². The van der Waals surface area contributed by atoms with Crippen LogP contribution in [0.3, 0.4) is 0 Å². The van der Waals surface area contributed by atoms with Crippen LogP contribution < -0.4 is 15.8 Å². The molecule has 1 aromatic heterocycles. The molecule has 1 rings (SSSR count). The lowest BCUT2D eigenvalue weighted by Crippen LogP contribution is -2.33. The molecule has 0 aliphatic rings. The molecule has 0 aliphatic carbocycles. The van der Waals surface area contributed by atoms with Crippen LogP contribution in [0.15, 0.2) is 5.38 Å². The Morgan fingerprint density at radius 1 is 1.59 bits per heavy atom. The second-order valence-electron chi connectivity index (χ2n) is 3.11. The van der Waals surface area contributed by atoms with Crippen molar-refractivity contribution in [2.45, 2.75) is 6.54 Å². The van der Waals surface area contributed by atoms with E-state index in [1.54, 1.807) is 5.38 Å². The van der Waals surface area contributed by atoms with Crippen molar-refractivity contribution in [1.82, 2.24) is 15.0 Å². The van der Waals surface area contributed by atoms with Gasteiger partial charge in [-0.2, -0.15) is 0 Å². The normalized spacial score (nSPS) is 11.4. The number of nitrogens with one attached hydrogen (secondary N) is 2. The smallest absolute Gasteiger partial charge is 0.270 e. The molecule has 0 fully saturated rings. The Labute approximate surface area is 103 Å². The van der Waals surface area contributed by atoms with Gasteiger partial charge < -0.3 is 11.1 Å². The molecular weight excluding hydrogens is 264 g/mol. The molecule has 0 saturated carbocycles. The summed E-state index contributed by atoms with van der Waals surface area (Å²) in [6.45, 7) is 0.323. The summed E-state index contributed by atoms with van der Waals surface area (Å²) in [5, 5.41) is 4.72. The molecule has 0 aromatic carbocycles. The van der Waals surface area contributed by atoms with Crippen molar-refractivity contribution in [3.05, 3.63) is 16.1 Å². The highest BCUT2D eigenvalue weighted by Crippen LogP contribution is 2.08. The van der Waals surface area contributed by atoms with E-state index in [2.05, 4.69) is 15.0 Å². The first-order valence-electron chi connectivity index (χ1n) is 4.82. The molecule has 96 valence electrons. The minimum atomic E-state index is -3.30. The van der Waals surface area contributed by atoms with Crippen LogP contribution in [0.1, 0.15) is 15.5 Å². The summed E-state index contributed by atoms with van der Waals surface area (Å²) >= 11 is 1.29. The van der Waals surface area contributed by atoms with Gasteiger partial charge in [0, 0.05) is 18.5 Å². The van der Waals surface area contributed by atoms with E-state index < -0.39 is 15.9 Å². The van der Waals surface area contributed by atoms with Gasteiger partial charge in [-0.25, -0.2) is 18.1 Å². The highest BCUT2D eigenvalue weighted by Gasteiger charge is 2.11. The van der Waals surface area contributed by atoms with Crippen molar-refractivity contribution in [3.63, 3.8) is 0 Å². The zero-order valence-electron chi connectivity index (χ0n) is 9.26. The second-order valence-corrected chi connectivity index (χ2v) is 6.10. The minimum absolute atomic E-state index is 0.0392. The van der Waals surface area contributed by atoms with Crippen LogP contribution in [0.4, 0.5) is 0 Å². The monoisotopic (exact) mass is 278 g/mol. The quantitative estimate of drug-likeness (QED) is 0.610. The fourth-order valence-electron chi connectivity index (χ4n) is 1.00. The number of aromatic nitrogens is 1. The number of nitrogens with zero attached hydrogens (tertiary/aromatic N) is 1. The summed E-state index contributed by atoms with van der Waals surface area (Å²) in [7, 11) is -1.97. The highest BCUT2D eigenvalue weighted by atomic mass is 32.2. The van der Waals surface area contributed by atoms with Gasteiger partial charge >= 0.3 is 0 Å². The summed E-state index contributed by atoms with van der Waals surface area (Å²) in [5.74, 6) is -0.560.